The molecule has 1 aliphatic rings. The van der Waals surface area contributed by atoms with Crippen LogP contribution in [0.5, 0.6) is 0 Å². The lowest BCUT2D eigenvalue weighted by molar-refractivity contribution is -0.140. The van der Waals surface area contributed by atoms with E-state index in [9.17, 15) is 9.59 Å². The summed E-state index contributed by atoms with van der Waals surface area (Å²) in [5.41, 5.74) is 4.61. The van der Waals surface area contributed by atoms with Crippen LogP contribution in [0.15, 0.2) is 46.8 Å². The van der Waals surface area contributed by atoms with Gasteiger partial charge in [0.25, 0.3) is 0 Å². The van der Waals surface area contributed by atoms with Crippen molar-refractivity contribution < 1.29 is 19.1 Å². The Kier molecular flexibility index (Phi) is 6.61. The molecule has 0 amide bonds. The summed E-state index contributed by atoms with van der Waals surface area (Å²) in [6.07, 6.45) is 0.527. The number of nitrogens with one attached hydrogen (secondary N) is 1. The molecule has 140 valence electrons. The third-order valence-electron chi connectivity index (χ3n) is 4.43. The summed E-state index contributed by atoms with van der Waals surface area (Å²) < 4.78 is 10.5. The number of carbonyl (C=O) groups is 2. The van der Waals surface area contributed by atoms with Crippen LogP contribution in [0.2, 0.25) is 0 Å². The molecule has 0 saturated carbocycles. The molecule has 0 saturated heterocycles. The van der Waals surface area contributed by atoms with E-state index in [1.54, 1.807) is 13.8 Å². The lowest BCUT2D eigenvalue weighted by Gasteiger charge is -2.30. The highest BCUT2D eigenvalue weighted by Gasteiger charge is 2.36. The Hall–Kier alpha value is -2.56. The third kappa shape index (κ3) is 4.34. The molecule has 1 aliphatic heterocycles. The molecule has 0 unspecified atom stereocenters. The molecule has 0 spiro atoms. The predicted molar refractivity (Wildman–Crippen MR) is 100 cm³/mol. The van der Waals surface area contributed by atoms with Gasteiger partial charge in [0.1, 0.15) is 0 Å². The van der Waals surface area contributed by atoms with Gasteiger partial charge >= 0.3 is 11.9 Å². The summed E-state index contributed by atoms with van der Waals surface area (Å²) >= 11 is 0. The average Bonchev–Trinajstić information content (AvgIpc) is 2.57. The quantitative estimate of drug-likeness (QED) is 0.790. The van der Waals surface area contributed by atoms with E-state index in [1.165, 1.54) is 0 Å². The van der Waals surface area contributed by atoms with Crippen LogP contribution in [0.25, 0.3) is 0 Å². The molecule has 1 aromatic carbocycles. The van der Waals surface area contributed by atoms with E-state index in [0.717, 1.165) is 11.1 Å². The molecular formula is C21H27NO4. The van der Waals surface area contributed by atoms with E-state index in [-0.39, 0.29) is 13.2 Å². The Labute approximate surface area is 155 Å². The van der Waals surface area contributed by atoms with Gasteiger partial charge < -0.3 is 14.8 Å². The fourth-order valence-electron chi connectivity index (χ4n) is 3.26. The number of benzene rings is 1. The van der Waals surface area contributed by atoms with Crippen LogP contribution < -0.4 is 5.32 Å². The minimum Gasteiger partial charge on any atom is -0.463 e. The first-order valence-electron chi connectivity index (χ1n) is 8.97. The van der Waals surface area contributed by atoms with Crippen molar-refractivity contribution >= 4 is 11.9 Å². The topological polar surface area (TPSA) is 64.6 Å². The van der Waals surface area contributed by atoms with Gasteiger partial charge in [0, 0.05) is 17.3 Å². The smallest absolute Gasteiger partial charge is 0.336 e. The molecule has 0 fully saturated rings. The zero-order valence-corrected chi connectivity index (χ0v) is 16.1. The van der Waals surface area contributed by atoms with E-state index in [2.05, 4.69) is 5.32 Å². The molecule has 2 rings (SSSR count). The number of allylic oxidation sites excluding steroid dienone is 2. The second-order valence-corrected chi connectivity index (χ2v) is 6.39. The fraction of sp³-hybridized carbons (Fsp3) is 0.429. The van der Waals surface area contributed by atoms with Crippen molar-refractivity contribution in [2.24, 2.45) is 5.92 Å². The lowest BCUT2D eigenvalue weighted by Crippen LogP contribution is -2.34. The van der Waals surface area contributed by atoms with Gasteiger partial charge in [-0.25, -0.2) is 9.59 Å². The minimum absolute atomic E-state index is 0.282. The van der Waals surface area contributed by atoms with Gasteiger partial charge in [0.2, 0.25) is 0 Å². The molecular weight excluding hydrogens is 330 g/mol. The van der Waals surface area contributed by atoms with Crippen molar-refractivity contribution in [3.63, 3.8) is 0 Å². The number of dihydropyridines is 1. The molecule has 0 atom stereocenters. The summed E-state index contributed by atoms with van der Waals surface area (Å²) in [4.78, 5) is 25.2. The number of ether oxygens (including phenoxy) is 2. The first-order valence-corrected chi connectivity index (χ1v) is 8.97. The predicted octanol–water partition coefficient (Wildman–Crippen LogP) is 3.43. The molecule has 1 aromatic rings. The highest BCUT2D eigenvalue weighted by atomic mass is 16.5. The van der Waals surface area contributed by atoms with E-state index in [1.807, 2.05) is 45.0 Å². The molecule has 5 nitrogen and oxygen atoms in total. The number of hydrogen-bond donors (Lipinski definition) is 1. The van der Waals surface area contributed by atoms with Crippen LogP contribution in [0.4, 0.5) is 0 Å². The maximum Gasteiger partial charge on any atom is 0.336 e. The van der Waals surface area contributed by atoms with Gasteiger partial charge in [0.05, 0.1) is 24.4 Å². The highest BCUT2D eigenvalue weighted by molar-refractivity contribution is 5.97. The Balaban J connectivity index is 2.48. The second kappa shape index (κ2) is 8.70. The number of carbonyl (C=O) groups excluding carboxylic acids is 2. The SMILES string of the molecule is CCOC(=O)C1=C(C)NC(C)=C(C(=O)OCC)C1Cc1ccc(C)cc1. The summed E-state index contributed by atoms with van der Waals surface area (Å²) in [6, 6.07) is 8.09. The van der Waals surface area contributed by atoms with Crippen LogP contribution in [0, 0.1) is 12.8 Å². The highest BCUT2D eigenvalue weighted by Crippen LogP contribution is 2.34. The zero-order valence-electron chi connectivity index (χ0n) is 16.1. The normalized spacial score (nSPS) is 15.0. The monoisotopic (exact) mass is 357 g/mol. The van der Waals surface area contributed by atoms with Gasteiger partial charge in [-0.2, -0.15) is 0 Å². The minimum atomic E-state index is -0.406. The average molecular weight is 357 g/mol. The second-order valence-electron chi connectivity index (χ2n) is 6.39. The fourth-order valence-corrected chi connectivity index (χ4v) is 3.26. The van der Waals surface area contributed by atoms with Crippen molar-refractivity contribution in [2.45, 2.75) is 41.0 Å². The number of hydrogen-bond acceptors (Lipinski definition) is 5. The molecule has 0 aliphatic carbocycles. The maximum absolute atomic E-state index is 12.6. The van der Waals surface area contributed by atoms with Crippen molar-refractivity contribution in [3.05, 3.63) is 57.9 Å². The molecule has 1 heterocycles. The molecule has 26 heavy (non-hydrogen) atoms. The van der Waals surface area contributed by atoms with Crippen molar-refractivity contribution in [2.75, 3.05) is 13.2 Å². The van der Waals surface area contributed by atoms with Gasteiger partial charge in [-0.3, -0.25) is 0 Å². The van der Waals surface area contributed by atoms with E-state index >= 15 is 0 Å². The van der Waals surface area contributed by atoms with Crippen LogP contribution in [0.3, 0.4) is 0 Å². The van der Waals surface area contributed by atoms with Crippen molar-refractivity contribution in [3.8, 4) is 0 Å². The van der Waals surface area contributed by atoms with Crippen LogP contribution in [0.1, 0.15) is 38.8 Å². The van der Waals surface area contributed by atoms with E-state index in [4.69, 9.17) is 9.47 Å². The van der Waals surface area contributed by atoms with Crippen LogP contribution in [-0.4, -0.2) is 25.2 Å². The Morgan fingerprint density at radius 3 is 1.77 bits per heavy atom. The number of rotatable bonds is 6. The summed E-state index contributed by atoms with van der Waals surface area (Å²) in [5.74, 6) is -1.20. The standard InChI is InChI=1S/C21H27NO4/c1-6-25-20(23)18-14(4)22-15(5)19(21(24)26-7-2)17(18)12-16-10-8-13(3)9-11-16/h8-11,17,22H,6-7,12H2,1-5H3. The molecule has 1 N–H and O–H groups in total. The maximum atomic E-state index is 12.6. The molecule has 0 bridgehead atoms. The Morgan fingerprint density at radius 2 is 1.35 bits per heavy atom. The van der Waals surface area contributed by atoms with Crippen molar-refractivity contribution in [1.82, 2.24) is 5.32 Å². The van der Waals surface area contributed by atoms with Crippen LogP contribution >= 0.6 is 0 Å². The number of esters is 2. The van der Waals surface area contributed by atoms with Gasteiger partial charge in [0.15, 0.2) is 0 Å². The van der Waals surface area contributed by atoms with Gasteiger partial charge in [-0.1, -0.05) is 29.8 Å². The summed E-state index contributed by atoms with van der Waals surface area (Å²) in [7, 11) is 0. The van der Waals surface area contributed by atoms with Gasteiger partial charge in [-0.15, -0.1) is 0 Å². The first kappa shape index (κ1) is 19.8. The zero-order chi connectivity index (χ0) is 19.3. The first-order chi connectivity index (χ1) is 12.4. The summed E-state index contributed by atoms with van der Waals surface area (Å²) in [6.45, 7) is 9.80. The third-order valence-corrected chi connectivity index (χ3v) is 4.43. The molecule has 5 heteroatoms. The van der Waals surface area contributed by atoms with Crippen LogP contribution in [-0.2, 0) is 25.5 Å². The largest absolute Gasteiger partial charge is 0.463 e. The molecule has 0 aromatic heterocycles. The Bertz CT molecular complexity index is 704. The van der Waals surface area contributed by atoms with Gasteiger partial charge in [-0.05, 0) is 46.6 Å². The van der Waals surface area contributed by atoms with E-state index < -0.39 is 17.9 Å². The summed E-state index contributed by atoms with van der Waals surface area (Å²) in [5, 5.41) is 3.14. The number of aryl methyl sites for hydroxylation is 1. The van der Waals surface area contributed by atoms with E-state index in [0.29, 0.717) is 29.0 Å². The Morgan fingerprint density at radius 1 is 0.885 bits per heavy atom. The molecule has 0 radical (unpaired) electrons. The lowest BCUT2D eigenvalue weighted by atomic mass is 9.81. The van der Waals surface area contributed by atoms with Crippen molar-refractivity contribution in [1.29, 1.82) is 0 Å².